The van der Waals surface area contributed by atoms with Crippen molar-refractivity contribution < 1.29 is 63.5 Å². The molecule has 53 heavy (non-hydrogen) atoms. The van der Waals surface area contributed by atoms with Crippen molar-refractivity contribution in [3.05, 3.63) is 71.5 Å². The molecule has 2 heterocycles. The summed E-state index contributed by atoms with van der Waals surface area (Å²) in [7, 11) is 0. The number of benzene rings is 2. The fourth-order valence-corrected chi connectivity index (χ4v) is 5.33. The molecule has 3 aromatic rings. The summed E-state index contributed by atoms with van der Waals surface area (Å²) < 4.78 is 35.0. The molecule has 290 valence electrons. The predicted octanol–water partition coefficient (Wildman–Crippen LogP) is -1.08. The van der Waals surface area contributed by atoms with Gasteiger partial charge in [-0.25, -0.2) is 9.48 Å². The second-order valence-corrected chi connectivity index (χ2v) is 12.1. The van der Waals surface area contributed by atoms with E-state index in [1.54, 1.807) is 30.5 Å². The summed E-state index contributed by atoms with van der Waals surface area (Å²) in [6, 6.07) is 13.1. The number of aliphatic hydroxyl groups excluding tert-OH is 4. The first-order valence-electron chi connectivity index (χ1n) is 16.7. The van der Waals surface area contributed by atoms with Crippen molar-refractivity contribution >= 4 is 17.7 Å². The van der Waals surface area contributed by atoms with Crippen LogP contribution in [0.3, 0.4) is 0 Å². The zero-order chi connectivity index (χ0) is 38.4. The Kier molecular flexibility index (Phi) is 15.4. The summed E-state index contributed by atoms with van der Waals surface area (Å²) in [5.74, 6) is -3.39. The minimum Gasteiger partial charge on any atom is -0.477 e. The SMILES string of the molecule is CC(=O)NC1C(O)CC(OCCc2cn(COCCOCCc3ccc(OCOc4ccc(C(=N)N)cc4)cc3)nn2)(C(=O)O)OC1[C@@H](O)[C@@H](O)CO. The van der Waals surface area contributed by atoms with Crippen molar-refractivity contribution in [1.82, 2.24) is 20.3 Å². The Morgan fingerprint density at radius 3 is 2.32 bits per heavy atom. The molecule has 2 aromatic carbocycles. The van der Waals surface area contributed by atoms with Gasteiger partial charge in [-0.1, -0.05) is 17.3 Å². The molecule has 1 aliphatic heterocycles. The van der Waals surface area contributed by atoms with Crippen molar-refractivity contribution in [3.8, 4) is 11.5 Å². The number of carboxylic acids is 1. The number of nitrogens with zero attached hydrogens (tertiary/aromatic N) is 3. The Labute approximate surface area is 304 Å². The maximum absolute atomic E-state index is 12.3. The first-order valence-corrected chi connectivity index (χ1v) is 16.7. The number of amidine groups is 1. The van der Waals surface area contributed by atoms with Gasteiger partial charge in [0.25, 0.3) is 5.79 Å². The summed E-state index contributed by atoms with van der Waals surface area (Å²) >= 11 is 0. The van der Waals surface area contributed by atoms with Crippen molar-refractivity contribution in [2.24, 2.45) is 5.73 Å². The van der Waals surface area contributed by atoms with E-state index in [1.807, 2.05) is 24.3 Å². The van der Waals surface area contributed by atoms with Crippen LogP contribution < -0.4 is 20.5 Å². The normalized spacial score (nSPS) is 21.0. The zero-order valence-corrected chi connectivity index (χ0v) is 29.1. The number of nitrogens with two attached hydrogens (primary N) is 1. The van der Waals surface area contributed by atoms with Crippen molar-refractivity contribution in [2.75, 3.05) is 39.8 Å². The summed E-state index contributed by atoms with van der Waals surface area (Å²) in [6.07, 6.45) is -5.03. The molecule has 0 spiro atoms. The van der Waals surface area contributed by atoms with Crippen LogP contribution in [-0.4, -0.2) is 134 Å². The van der Waals surface area contributed by atoms with E-state index >= 15 is 0 Å². The summed E-state index contributed by atoms with van der Waals surface area (Å²) in [4.78, 5) is 24.0. The lowest BCUT2D eigenvalue weighted by Crippen LogP contribution is -2.68. The van der Waals surface area contributed by atoms with Gasteiger partial charge in [-0.15, -0.1) is 5.10 Å². The molecule has 19 nitrogen and oxygen atoms in total. The van der Waals surface area contributed by atoms with Gasteiger partial charge < -0.3 is 65.0 Å². The number of aromatic nitrogens is 3. The van der Waals surface area contributed by atoms with Crippen LogP contribution in [0.4, 0.5) is 0 Å². The van der Waals surface area contributed by atoms with Crippen LogP contribution in [0.1, 0.15) is 30.2 Å². The topological polar surface area (TPSA) is 283 Å². The van der Waals surface area contributed by atoms with Crippen LogP contribution in [0, 0.1) is 5.41 Å². The van der Waals surface area contributed by atoms with Crippen LogP contribution in [-0.2, 0) is 48.1 Å². The number of aliphatic hydroxyl groups is 4. The highest BCUT2D eigenvalue weighted by Crippen LogP contribution is 2.33. The third-order valence-corrected chi connectivity index (χ3v) is 8.14. The molecule has 0 bridgehead atoms. The van der Waals surface area contributed by atoms with E-state index in [-0.39, 0.29) is 32.4 Å². The lowest BCUT2D eigenvalue weighted by molar-refractivity contribution is -0.311. The maximum Gasteiger partial charge on any atom is 0.364 e. The number of amides is 1. The number of hydrogen-bond acceptors (Lipinski definition) is 15. The molecule has 0 aliphatic carbocycles. The molecule has 19 heteroatoms. The number of hydrogen-bond donors (Lipinski definition) is 8. The minimum absolute atomic E-state index is 0.0110. The molecular weight excluding hydrogens is 700 g/mol. The van der Waals surface area contributed by atoms with E-state index in [1.165, 1.54) is 4.68 Å². The van der Waals surface area contributed by atoms with E-state index < -0.39 is 61.1 Å². The van der Waals surface area contributed by atoms with Crippen LogP contribution in [0.5, 0.6) is 11.5 Å². The molecule has 0 radical (unpaired) electrons. The number of nitrogens with one attached hydrogen (secondary N) is 2. The molecule has 1 saturated heterocycles. The zero-order valence-electron chi connectivity index (χ0n) is 29.1. The van der Waals surface area contributed by atoms with Crippen molar-refractivity contribution in [3.63, 3.8) is 0 Å². The number of aliphatic carboxylic acids is 1. The number of ether oxygens (including phenoxy) is 6. The Morgan fingerprint density at radius 1 is 1.04 bits per heavy atom. The smallest absolute Gasteiger partial charge is 0.364 e. The van der Waals surface area contributed by atoms with E-state index in [2.05, 4.69) is 15.6 Å². The van der Waals surface area contributed by atoms with E-state index in [0.29, 0.717) is 49.0 Å². The number of carbonyl (C=O) groups is 2. The average molecular weight is 747 g/mol. The molecule has 4 rings (SSSR count). The van der Waals surface area contributed by atoms with E-state index in [4.69, 9.17) is 39.6 Å². The van der Waals surface area contributed by atoms with Gasteiger partial charge in [0.15, 0.2) is 0 Å². The third-order valence-electron chi connectivity index (χ3n) is 8.14. The molecule has 0 saturated carbocycles. The van der Waals surface area contributed by atoms with Gasteiger partial charge in [0.2, 0.25) is 12.7 Å². The predicted molar refractivity (Wildman–Crippen MR) is 183 cm³/mol. The van der Waals surface area contributed by atoms with Gasteiger partial charge in [-0.2, -0.15) is 0 Å². The van der Waals surface area contributed by atoms with Gasteiger partial charge in [0.1, 0.15) is 42.4 Å². The molecule has 1 amide bonds. The number of rotatable bonds is 22. The Bertz CT molecular complexity index is 1610. The highest BCUT2D eigenvalue weighted by atomic mass is 16.7. The van der Waals surface area contributed by atoms with Gasteiger partial charge in [0.05, 0.1) is 57.1 Å². The second-order valence-electron chi connectivity index (χ2n) is 12.1. The Morgan fingerprint density at radius 2 is 1.70 bits per heavy atom. The molecular formula is C34H46N6O13. The van der Waals surface area contributed by atoms with Crippen LogP contribution in [0.2, 0.25) is 0 Å². The number of carbonyl (C=O) groups excluding carboxylic acids is 1. The van der Waals surface area contributed by atoms with Crippen LogP contribution >= 0.6 is 0 Å². The number of nitrogen functional groups attached to an aromatic ring is 1. The summed E-state index contributed by atoms with van der Waals surface area (Å²) in [5, 5.41) is 68.3. The molecule has 9 N–H and O–H groups in total. The quantitative estimate of drug-likeness (QED) is 0.0263. The first-order chi connectivity index (χ1) is 25.4. The summed E-state index contributed by atoms with van der Waals surface area (Å²) in [5.41, 5.74) is 7.57. The lowest BCUT2D eigenvalue weighted by atomic mass is 9.88. The molecule has 4 unspecified atom stereocenters. The maximum atomic E-state index is 12.3. The highest BCUT2D eigenvalue weighted by molar-refractivity contribution is 5.94. The molecule has 1 fully saturated rings. The monoisotopic (exact) mass is 746 g/mol. The standard InChI is InChI=1S/C34H46N6O13/c1-21(42)37-29-27(43)16-34(33(46)47,53-31(29)30(45)28(44)18-41)52-13-11-24-17-40(39-38-24)19-49-15-14-48-12-10-22-2-6-25(7-3-22)50-20-51-26-8-4-23(5-9-26)32(35)36/h2-9,17,27-31,41,43-45H,10-16,18-20H2,1H3,(H3,35,36)(H,37,42)(H,46,47)/t27?,28-,29?,30-,31?,34?/m0/s1. The largest absolute Gasteiger partial charge is 0.477 e. The van der Waals surface area contributed by atoms with E-state index in [0.717, 1.165) is 12.5 Å². The van der Waals surface area contributed by atoms with Gasteiger partial charge in [0, 0.05) is 25.3 Å². The fraction of sp³-hybridized carbons (Fsp3) is 0.500. The lowest BCUT2D eigenvalue weighted by Gasteiger charge is -2.46. The Hall–Kier alpha value is -4.73. The molecule has 1 aromatic heterocycles. The average Bonchev–Trinajstić information content (AvgIpc) is 3.59. The van der Waals surface area contributed by atoms with Gasteiger partial charge in [-0.3, -0.25) is 10.2 Å². The third kappa shape index (κ3) is 12.2. The van der Waals surface area contributed by atoms with Gasteiger partial charge >= 0.3 is 5.97 Å². The first kappa shape index (κ1) is 41.0. The minimum atomic E-state index is -2.44. The molecule has 1 aliphatic rings. The van der Waals surface area contributed by atoms with Crippen molar-refractivity contribution in [2.45, 2.75) is 69.2 Å². The number of carboxylic acid groups (broad SMARTS) is 1. The highest BCUT2D eigenvalue weighted by Gasteiger charge is 2.55. The molecule has 6 atom stereocenters. The van der Waals surface area contributed by atoms with E-state index in [9.17, 15) is 35.1 Å². The van der Waals surface area contributed by atoms with Crippen LogP contribution in [0.25, 0.3) is 0 Å². The Balaban J connectivity index is 1.12. The van der Waals surface area contributed by atoms with Gasteiger partial charge in [-0.05, 0) is 48.4 Å². The second kappa shape index (κ2) is 19.9. The summed E-state index contributed by atoms with van der Waals surface area (Å²) in [6.45, 7) is 1.25. The fourth-order valence-electron chi connectivity index (χ4n) is 5.33. The van der Waals surface area contributed by atoms with Crippen molar-refractivity contribution in [1.29, 1.82) is 5.41 Å². The van der Waals surface area contributed by atoms with Crippen LogP contribution in [0.15, 0.2) is 54.7 Å².